The average Bonchev–Trinajstić information content (AvgIpc) is 2.49. The molecule has 1 aromatic heterocycles. The molecule has 4 heteroatoms. The van der Waals surface area contributed by atoms with Gasteiger partial charge >= 0.3 is 0 Å². The summed E-state index contributed by atoms with van der Waals surface area (Å²) in [6.07, 6.45) is 0. The fourth-order valence-electron chi connectivity index (χ4n) is 1.24. The van der Waals surface area contributed by atoms with Gasteiger partial charge in [0.25, 0.3) is 0 Å². The Bertz CT molecular complexity index is 322. The average molecular weight is 232 g/mol. The summed E-state index contributed by atoms with van der Waals surface area (Å²) in [6, 6.07) is 3.68. The lowest BCUT2D eigenvalue weighted by Crippen LogP contribution is -2.38. The summed E-state index contributed by atoms with van der Waals surface area (Å²) in [5.41, 5.74) is 0. The molecular weight excluding hydrogens is 218 g/mol. The number of halogens is 1. The fourth-order valence-corrected chi connectivity index (χ4v) is 2.31. The molecule has 1 aromatic rings. The molecule has 0 aromatic carbocycles. The molecule has 1 atom stereocenters. The minimum Gasteiger partial charge on any atom is -0.305 e. The highest BCUT2D eigenvalue weighted by Gasteiger charge is 2.17. The normalized spacial score (nSPS) is 13.2. The summed E-state index contributed by atoms with van der Waals surface area (Å²) in [5, 5.41) is 3.16. The van der Waals surface area contributed by atoms with Crippen LogP contribution in [0.5, 0.6) is 0 Å². The number of hydrogen-bond donors (Lipinski definition) is 1. The Kier molecular flexibility index (Phi) is 4.11. The summed E-state index contributed by atoms with van der Waals surface area (Å²) in [5.74, 6) is 0.107. The molecule has 1 N–H and O–H groups in total. The molecule has 14 heavy (non-hydrogen) atoms. The Hall–Kier alpha value is -0.380. The standard InChI is InChI=1S/C10H14ClNOS/c1-6(2)12-7(3)10(13)8-4-5-9(11)14-8/h4-7,12H,1-3H3. The van der Waals surface area contributed by atoms with Crippen LogP contribution >= 0.6 is 22.9 Å². The SMILES string of the molecule is CC(C)NC(C)C(=O)c1ccc(Cl)s1. The van der Waals surface area contributed by atoms with E-state index in [1.807, 2.05) is 20.8 Å². The van der Waals surface area contributed by atoms with Crippen molar-refractivity contribution in [2.75, 3.05) is 0 Å². The molecule has 0 radical (unpaired) electrons. The summed E-state index contributed by atoms with van der Waals surface area (Å²) in [6.45, 7) is 5.91. The van der Waals surface area contributed by atoms with Crippen LogP contribution in [0.25, 0.3) is 0 Å². The molecule has 0 amide bonds. The van der Waals surface area contributed by atoms with Crippen LogP contribution in [0.1, 0.15) is 30.4 Å². The molecule has 1 heterocycles. The minimum atomic E-state index is -0.148. The van der Waals surface area contributed by atoms with Crippen LogP contribution < -0.4 is 5.32 Å². The second-order valence-electron chi connectivity index (χ2n) is 3.51. The highest BCUT2D eigenvalue weighted by atomic mass is 35.5. The summed E-state index contributed by atoms with van der Waals surface area (Å²) >= 11 is 7.09. The lowest BCUT2D eigenvalue weighted by atomic mass is 10.1. The number of nitrogens with one attached hydrogen (secondary N) is 1. The van der Waals surface area contributed by atoms with Gasteiger partial charge in [-0.15, -0.1) is 11.3 Å². The molecule has 2 nitrogen and oxygen atoms in total. The number of ketones is 1. The molecule has 0 aliphatic rings. The second-order valence-corrected chi connectivity index (χ2v) is 5.23. The van der Waals surface area contributed by atoms with Crippen molar-refractivity contribution >= 4 is 28.7 Å². The monoisotopic (exact) mass is 231 g/mol. The Labute approximate surface area is 93.3 Å². The number of carbonyl (C=O) groups excluding carboxylic acids is 1. The molecule has 0 bridgehead atoms. The van der Waals surface area contributed by atoms with E-state index in [9.17, 15) is 4.79 Å². The first-order chi connectivity index (χ1) is 6.50. The van der Waals surface area contributed by atoms with Gasteiger partial charge in [-0.1, -0.05) is 25.4 Å². The Morgan fingerprint density at radius 1 is 1.43 bits per heavy atom. The molecule has 0 aliphatic heterocycles. The van der Waals surface area contributed by atoms with Gasteiger partial charge < -0.3 is 5.32 Å². The van der Waals surface area contributed by atoms with E-state index in [0.29, 0.717) is 10.4 Å². The van der Waals surface area contributed by atoms with Crippen LogP contribution in [0.4, 0.5) is 0 Å². The molecule has 1 unspecified atom stereocenters. The van der Waals surface area contributed by atoms with Gasteiger partial charge in [0, 0.05) is 6.04 Å². The lowest BCUT2D eigenvalue weighted by Gasteiger charge is -2.14. The van der Waals surface area contributed by atoms with Crippen molar-refractivity contribution in [3.63, 3.8) is 0 Å². The third-order valence-electron chi connectivity index (χ3n) is 1.79. The van der Waals surface area contributed by atoms with Gasteiger partial charge in [-0.3, -0.25) is 4.79 Å². The molecule has 0 spiro atoms. The Morgan fingerprint density at radius 2 is 2.07 bits per heavy atom. The highest BCUT2D eigenvalue weighted by molar-refractivity contribution is 7.18. The van der Waals surface area contributed by atoms with E-state index in [2.05, 4.69) is 5.32 Å². The van der Waals surface area contributed by atoms with E-state index in [0.717, 1.165) is 4.88 Å². The van der Waals surface area contributed by atoms with E-state index in [1.165, 1.54) is 11.3 Å². The van der Waals surface area contributed by atoms with E-state index in [-0.39, 0.29) is 11.8 Å². The predicted molar refractivity (Wildman–Crippen MR) is 61.4 cm³/mol. The van der Waals surface area contributed by atoms with Gasteiger partial charge in [0.05, 0.1) is 15.3 Å². The topological polar surface area (TPSA) is 29.1 Å². The molecular formula is C10H14ClNOS. The van der Waals surface area contributed by atoms with Gasteiger partial charge in [-0.2, -0.15) is 0 Å². The van der Waals surface area contributed by atoms with E-state index < -0.39 is 0 Å². The molecule has 1 rings (SSSR count). The quantitative estimate of drug-likeness (QED) is 0.808. The van der Waals surface area contributed by atoms with Crippen LogP contribution in [-0.2, 0) is 0 Å². The summed E-state index contributed by atoms with van der Waals surface area (Å²) in [4.78, 5) is 12.5. The molecule has 78 valence electrons. The number of carbonyl (C=O) groups is 1. The first-order valence-corrected chi connectivity index (χ1v) is 5.75. The van der Waals surface area contributed by atoms with E-state index in [4.69, 9.17) is 11.6 Å². The Morgan fingerprint density at radius 3 is 2.50 bits per heavy atom. The van der Waals surface area contributed by atoms with Gasteiger partial charge in [0.2, 0.25) is 0 Å². The smallest absolute Gasteiger partial charge is 0.189 e. The van der Waals surface area contributed by atoms with Crippen molar-refractivity contribution < 1.29 is 4.79 Å². The number of Topliss-reactive ketones (excluding diaryl/α,β-unsaturated/α-hetero) is 1. The number of hydrogen-bond acceptors (Lipinski definition) is 3. The van der Waals surface area contributed by atoms with Crippen molar-refractivity contribution in [3.8, 4) is 0 Å². The van der Waals surface area contributed by atoms with E-state index in [1.54, 1.807) is 12.1 Å². The zero-order chi connectivity index (χ0) is 10.7. The second kappa shape index (κ2) is 4.91. The van der Waals surface area contributed by atoms with Crippen molar-refractivity contribution in [1.82, 2.24) is 5.32 Å². The number of thiophene rings is 1. The molecule has 0 aliphatic carbocycles. The lowest BCUT2D eigenvalue weighted by molar-refractivity contribution is 0.0950. The zero-order valence-electron chi connectivity index (χ0n) is 8.50. The van der Waals surface area contributed by atoms with Crippen LogP contribution in [0.3, 0.4) is 0 Å². The fraction of sp³-hybridized carbons (Fsp3) is 0.500. The first-order valence-electron chi connectivity index (χ1n) is 4.56. The molecule has 0 saturated carbocycles. The van der Waals surface area contributed by atoms with Crippen LogP contribution in [0, 0.1) is 0 Å². The van der Waals surface area contributed by atoms with Gasteiger partial charge in [0.15, 0.2) is 5.78 Å². The minimum absolute atomic E-state index is 0.107. The van der Waals surface area contributed by atoms with Crippen molar-refractivity contribution in [1.29, 1.82) is 0 Å². The van der Waals surface area contributed by atoms with Crippen molar-refractivity contribution in [3.05, 3.63) is 21.3 Å². The van der Waals surface area contributed by atoms with Crippen molar-refractivity contribution in [2.45, 2.75) is 32.9 Å². The Balaban J connectivity index is 2.65. The third-order valence-corrected chi connectivity index (χ3v) is 3.04. The zero-order valence-corrected chi connectivity index (χ0v) is 10.1. The maximum atomic E-state index is 11.8. The predicted octanol–water partition coefficient (Wildman–Crippen LogP) is 2.97. The summed E-state index contributed by atoms with van der Waals surface area (Å²) < 4.78 is 0.657. The van der Waals surface area contributed by atoms with Crippen LogP contribution in [0.2, 0.25) is 4.34 Å². The van der Waals surface area contributed by atoms with Gasteiger partial charge in [0.1, 0.15) is 0 Å². The van der Waals surface area contributed by atoms with E-state index >= 15 is 0 Å². The van der Waals surface area contributed by atoms with Crippen molar-refractivity contribution in [2.24, 2.45) is 0 Å². The highest BCUT2D eigenvalue weighted by Crippen LogP contribution is 2.22. The maximum absolute atomic E-state index is 11.8. The van der Waals surface area contributed by atoms with Gasteiger partial charge in [-0.25, -0.2) is 0 Å². The van der Waals surface area contributed by atoms with Crippen LogP contribution in [-0.4, -0.2) is 17.9 Å². The number of rotatable bonds is 4. The molecule has 0 saturated heterocycles. The van der Waals surface area contributed by atoms with Gasteiger partial charge in [-0.05, 0) is 19.1 Å². The molecule has 0 fully saturated rings. The maximum Gasteiger partial charge on any atom is 0.189 e. The third kappa shape index (κ3) is 3.08. The summed E-state index contributed by atoms with van der Waals surface area (Å²) in [7, 11) is 0. The first kappa shape index (κ1) is 11.7. The van der Waals surface area contributed by atoms with Crippen LogP contribution in [0.15, 0.2) is 12.1 Å². The largest absolute Gasteiger partial charge is 0.305 e.